The number of nitrogens with zero attached hydrogens (tertiary/aromatic N) is 2. The second-order valence-corrected chi connectivity index (χ2v) is 9.29. The molecule has 6 heteroatoms. The van der Waals surface area contributed by atoms with Crippen LogP contribution in [0.1, 0.15) is 12.0 Å². The van der Waals surface area contributed by atoms with Crippen molar-refractivity contribution in [1.29, 1.82) is 0 Å². The van der Waals surface area contributed by atoms with E-state index < -0.39 is 0 Å². The molecule has 0 unspecified atom stereocenters. The van der Waals surface area contributed by atoms with Crippen LogP contribution in [-0.4, -0.2) is 21.8 Å². The van der Waals surface area contributed by atoms with Crippen LogP contribution < -0.4 is 5.43 Å². The van der Waals surface area contributed by atoms with Gasteiger partial charge in [0.1, 0.15) is 5.75 Å². The summed E-state index contributed by atoms with van der Waals surface area (Å²) in [5.74, 6) is -0.116. The number of phenols is 1. The molecule has 0 aliphatic rings. The molecule has 1 heterocycles. The Bertz CT molecular complexity index is 1540. The number of hydrogen-bond acceptors (Lipinski definition) is 3. The summed E-state index contributed by atoms with van der Waals surface area (Å²) in [4.78, 5) is 12.7. The van der Waals surface area contributed by atoms with Crippen LogP contribution in [0, 0.1) is 0 Å². The largest absolute Gasteiger partial charge is 0.507 e. The fourth-order valence-electron chi connectivity index (χ4n) is 4.40. The van der Waals surface area contributed by atoms with Crippen LogP contribution in [-0.2, 0) is 11.3 Å². The molecule has 1 amide bonds. The Balaban J connectivity index is 1.47. The van der Waals surface area contributed by atoms with E-state index in [9.17, 15) is 9.90 Å². The number of amides is 1. The fourth-order valence-corrected chi connectivity index (χ4v) is 4.78. The van der Waals surface area contributed by atoms with E-state index >= 15 is 0 Å². The van der Waals surface area contributed by atoms with Crippen LogP contribution in [0.15, 0.2) is 113 Å². The number of carbonyl (C=O) groups is 1. The molecule has 0 radical (unpaired) electrons. The van der Waals surface area contributed by atoms with Crippen molar-refractivity contribution in [3.8, 4) is 28.1 Å². The lowest BCUT2D eigenvalue weighted by Gasteiger charge is -2.13. The Morgan fingerprint density at radius 3 is 2.31 bits per heavy atom. The molecule has 178 valence electrons. The first-order chi connectivity index (χ1) is 17.6. The van der Waals surface area contributed by atoms with Gasteiger partial charge in [0.05, 0.1) is 11.9 Å². The van der Waals surface area contributed by atoms with Crippen LogP contribution in [0.5, 0.6) is 5.75 Å². The molecule has 5 rings (SSSR count). The number of aryl methyl sites for hydroxylation is 1. The van der Waals surface area contributed by atoms with Crippen LogP contribution in [0.2, 0.25) is 0 Å². The third-order valence-electron chi connectivity index (χ3n) is 6.03. The molecule has 0 aliphatic carbocycles. The third-order valence-corrected chi connectivity index (χ3v) is 6.52. The molecule has 5 aromatic rings. The van der Waals surface area contributed by atoms with Crippen molar-refractivity contribution in [2.45, 2.75) is 13.0 Å². The number of benzene rings is 4. The molecule has 5 nitrogen and oxygen atoms in total. The van der Waals surface area contributed by atoms with E-state index in [0.717, 1.165) is 37.8 Å². The zero-order chi connectivity index (χ0) is 24.9. The van der Waals surface area contributed by atoms with Crippen molar-refractivity contribution >= 4 is 39.0 Å². The molecule has 4 aromatic carbocycles. The quantitative estimate of drug-likeness (QED) is 0.173. The van der Waals surface area contributed by atoms with E-state index in [2.05, 4.69) is 67.4 Å². The van der Waals surface area contributed by atoms with Crippen molar-refractivity contribution in [3.05, 3.63) is 113 Å². The molecule has 0 aliphatic heterocycles. The Morgan fingerprint density at radius 2 is 1.56 bits per heavy atom. The summed E-state index contributed by atoms with van der Waals surface area (Å²) < 4.78 is 3.03. The third kappa shape index (κ3) is 4.95. The molecular formula is C30H24BrN3O2. The summed E-state index contributed by atoms with van der Waals surface area (Å²) >= 11 is 3.37. The highest BCUT2D eigenvalue weighted by atomic mass is 79.9. The van der Waals surface area contributed by atoms with Crippen LogP contribution in [0.4, 0.5) is 0 Å². The summed E-state index contributed by atoms with van der Waals surface area (Å²) in [5.41, 5.74) is 8.64. The van der Waals surface area contributed by atoms with Crippen molar-refractivity contribution in [3.63, 3.8) is 0 Å². The second kappa shape index (κ2) is 10.6. The van der Waals surface area contributed by atoms with Crippen molar-refractivity contribution in [2.75, 3.05) is 0 Å². The van der Waals surface area contributed by atoms with Gasteiger partial charge in [-0.15, -0.1) is 0 Å². The molecule has 0 bridgehead atoms. The summed E-state index contributed by atoms with van der Waals surface area (Å²) in [6, 6.07) is 34.0. The predicted octanol–water partition coefficient (Wildman–Crippen LogP) is 6.98. The number of aromatic hydroxyl groups is 1. The van der Waals surface area contributed by atoms with E-state index in [1.165, 1.54) is 6.21 Å². The highest BCUT2D eigenvalue weighted by Crippen LogP contribution is 2.40. The van der Waals surface area contributed by atoms with Gasteiger partial charge in [-0.1, -0.05) is 94.8 Å². The number of fused-ring (bicyclic) bond motifs is 1. The van der Waals surface area contributed by atoms with Crippen molar-refractivity contribution < 1.29 is 9.90 Å². The average molecular weight is 538 g/mol. The number of hydrogen-bond donors (Lipinski definition) is 2. The maximum atomic E-state index is 12.7. The van der Waals surface area contributed by atoms with Crippen LogP contribution in [0.25, 0.3) is 33.3 Å². The number of phenolic OH excluding ortho intramolecular Hbond substituents is 1. The molecule has 0 fully saturated rings. The summed E-state index contributed by atoms with van der Waals surface area (Å²) in [6.07, 6.45) is 1.68. The first-order valence-corrected chi connectivity index (χ1v) is 12.4. The lowest BCUT2D eigenvalue weighted by atomic mass is 9.98. The van der Waals surface area contributed by atoms with E-state index in [-0.39, 0.29) is 18.1 Å². The van der Waals surface area contributed by atoms with E-state index in [4.69, 9.17) is 0 Å². The minimum Gasteiger partial charge on any atom is -0.507 e. The zero-order valence-electron chi connectivity index (χ0n) is 19.4. The minimum atomic E-state index is -0.209. The molecule has 0 atom stereocenters. The average Bonchev–Trinajstić information content (AvgIpc) is 3.25. The molecule has 2 N–H and O–H groups in total. The number of aromatic nitrogens is 1. The molecule has 1 aromatic heterocycles. The Morgan fingerprint density at radius 1 is 0.889 bits per heavy atom. The van der Waals surface area contributed by atoms with Gasteiger partial charge in [-0.2, -0.15) is 5.10 Å². The van der Waals surface area contributed by atoms with Gasteiger partial charge < -0.3 is 9.67 Å². The predicted molar refractivity (Wildman–Crippen MR) is 149 cm³/mol. The fraction of sp³-hybridized carbons (Fsp3) is 0.0667. The lowest BCUT2D eigenvalue weighted by Crippen LogP contribution is -2.19. The standard InChI is InChI=1S/C30H24BrN3O2/c31-24-15-16-27(35)23(19-24)20-32-33-28(36)17-18-34-26-14-8-7-13-25(26)29(21-9-3-1-4-10-21)30(34)22-11-5-2-6-12-22/h1-16,19-20,35H,17-18H2,(H,33,36). The van der Waals surface area contributed by atoms with Gasteiger partial charge in [0.15, 0.2) is 0 Å². The highest BCUT2D eigenvalue weighted by molar-refractivity contribution is 9.10. The summed E-state index contributed by atoms with van der Waals surface area (Å²) in [5, 5.41) is 15.1. The van der Waals surface area contributed by atoms with Crippen LogP contribution >= 0.6 is 15.9 Å². The van der Waals surface area contributed by atoms with Gasteiger partial charge in [0.2, 0.25) is 5.91 Å². The first-order valence-electron chi connectivity index (χ1n) is 11.6. The van der Waals surface area contributed by atoms with Gasteiger partial charge in [0, 0.05) is 39.5 Å². The zero-order valence-corrected chi connectivity index (χ0v) is 21.0. The summed E-state index contributed by atoms with van der Waals surface area (Å²) in [7, 11) is 0. The van der Waals surface area contributed by atoms with Gasteiger partial charge in [0.25, 0.3) is 0 Å². The first kappa shape index (κ1) is 23.6. The van der Waals surface area contributed by atoms with Crippen molar-refractivity contribution in [1.82, 2.24) is 9.99 Å². The van der Waals surface area contributed by atoms with Gasteiger partial charge in [-0.05, 0) is 35.4 Å². The minimum absolute atomic E-state index is 0.0935. The van der Waals surface area contributed by atoms with E-state index in [1.54, 1.807) is 18.2 Å². The molecule has 36 heavy (non-hydrogen) atoms. The molecular weight excluding hydrogens is 514 g/mol. The van der Waals surface area contributed by atoms with Gasteiger partial charge in [-0.25, -0.2) is 5.43 Å². The van der Waals surface area contributed by atoms with E-state index in [0.29, 0.717) is 12.1 Å². The molecule has 0 saturated heterocycles. The number of carbonyl (C=O) groups excluding carboxylic acids is 1. The normalized spacial score (nSPS) is 11.2. The van der Waals surface area contributed by atoms with Crippen LogP contribution in [0.3, 0.4) is 0 Å². The Labute approximate surface area is 217 Å². The van der Waals surface area contributed by atoms with E-state index in [1.807, 2.05) is 48.5 Å². The lowest BCUT2D eigenvalue weighted by molar-refractivity contribution is -0.121. The van der Waals surface area contributed by atoms with Gasteiger partial charge in [-0.3, -0.25) is 4.79 Å². The van der Waals surface area contributed by atoms with Crippen molar-refractivity contribution in [2.24, 2.45) is 5.10 Å². The maximum absolute atomic E-state index is 12.7. The second-order valence-electron chi connectivity index (χ2n) is 8.37. The molecule has 0 spiro atoms. The Kier molecular flexibility index (Phi) is 6.96. The topological polar surface area (TPSA) is 66.6 Å². The number of halogens is 1. The number of nitrogens with one attached hydrogen (secondary N) is 1. The van der Waals surface area contributed by atoms with Gasteiger partial charge >= 0.3 is 0 Å². The monoisotopic (exact) mass is 537 g/mol. The summed E-state index contributed by atoms with van der Waals surface area (Å²) in [6.45, 7) is 0.487. The number of para-hydroxylation sites is 1. The molecule has 0 saturated carbocycles. The number of rotatable bonds is 7. The smallest absolute Gasteiger partial charge is 0.241 e. The number of hydrazone groups is 1. The SMILES string of the molecule is O=C(CCn1c(-c2ccccc2)c(-c2ccccc2)c2ccccc21)NN=Cc1cc(Br)ccc1O. The maximum Gasteiger partial charge on any atom is 0.241 e. The highest BCUT2D eigenvalue weighted by Gasteiger charge is 2.20. The Hall–Kier alpha value is -4.16.